The molecular weight excluding hydrogens is 244 g/mol. The van der Waals surface area contributed by atoms with Gasteiger partial charge in [0.05, 0.1) is 19.3 Å². The van der Waals surface area contributed by atoms with Crippen LogP contribution in [0.1, 0.15) is 12.8 Å². The van der Waals surface area contributed by atoms with Crippen LogP contribution in [-0.4, -0.2) is 58.2 Å². The second kappa shape index (κ2) is 6.32. The van der Waals surface area contributed by atoms with Crippen molar-refractivity contribution in [1.82, 2.24) is 9.62 Å². The van der Waals surface area contributed by atoms with Gasteiger partial charge in [0.1, 0.15) is 0 Å². The van der Waals surface area contributed by atoms with Gasteiger partial charge in [-0.2, -0.15) is 0 Å². The molecule has 6 nitrogen and oxygen atoms in total. The Morgan fingerprint density at radius 1 is 1.53 bits per heavy atom. The Kier molecular flexibility index (Phi) is 5.35. The molecule has 1 aliphatic heterocycles. The fourth-order valence-corrected chi connectivity index (χ4v) is 3.45. The van der Waals surface area contributed by atoms with Crippen LogP contribution in [0.5, 0.6) is 0 Å². The number of ether oxygens (including phenoxy) is 1. The zero-order chi connectivity index (χ0) is 12.9. The Hall–Kier alpha value is -0.660. The zero-order valence-corrected chi connectivity index (χ0v) is 11.1. The van der Waals surface area contributed by atoms with Crippen LogP contribution in [0.25, 0.3) is 0 Å². The van der Waals surface area contributed by atoms with Crippen LogP contribution in [-0.2, 0) is 19.6 Å². The Bertz CT molecular complexity index is 355. The summed E-state index contributed by atoms with van der Waals surface area (Å²) in [6.45, 7) is 1.92. The van der Waals surface area contributed by atoms with E-state index >= 15 is 0 Å². The van der Waals surface area contributed by atoms with E-state index in [1.165, 1.54) is 11.4 Å². The van der Waals surface area contributed by atoms with Crippen molar-refractivity contribution in [3.05, 3.63) is 0 Å². The van der Waals surface area contributed by atoms with E-state index < -0.39 is 16.0 Å². The summed E-state index contributed by atoms with van der Waals surface area (Å²) in [5.74, 6) is -0.279. The minimum atomic E-state index is -3.31. The summed E-state index contributed by atoms with van der Waals surface area (Å²) in [6, 6.07) is 0. The molecule has 0 aromatic rings. The van der Waals surface area contributed by atoms with Crippen LogP contribution in [0.4, 0.5) is 0 Å². The molecule has 17 heavy (non-hydrogen) atoms. The van der Waals surface area contributed by atoms with Gasteiger partial charge >= 0.3 is 5.97 Å². The topological polar surface area (TPSA) is 75.7 Å². The second-order valence-electron chi connectivity index (χ2n) is 4.21. The number of hydrogen-bond acceptors (Lipinski definition) is 5. The van der Waals surface area contributed by atoms with Crippen LogP contribution < -0.4 is 5.32 Å². The van der Waals surface area contributed by atoms with E-state index in [2.05, 4.69) is 10.1 Å². The molecule has 1 rings (SSSR count). The van der Waals surface area contributed by atoms with Crippen LogP contribution >= 0.6 is 0 Å². The highest BCUT2D eigenvalue weighted by Crippen LogP contribution is 2.19. The van der Waals surface area contributed by atoms with Crippen molar-refractivity contribution in [1.29, 1.82) is 0 Å². The molecule has 1 saturated heterocycles. The molecule has 0 saturated carbocycles. The predicted octanol–water partition coefficient (Wildman–Crippen LogP) is -0.579. The molecule has 0 radical (unpaired) electrons. The Balaban J connectivity index is 2.46. The first kappa shape index (κ1) is 14.4. The number of nitrogens with one attached hydrogen (secondary N) is 1. The summed E-state index contributed by atoms with van der Waals surface area (Å²) in [4.78, 5) is 10.9. The standard InChI is InChI=1S/C10H20N2O4S/c1-11-7-9-3-5-12(8-9)17(14,15)6-4-10(13)16-2/h9,11H,3-8H2,1-2H3. The van der Waals surface area contributed by atoms with E-state index in [9.17, 15) is 13.2 Å². The van der Waals surface area contributed by atoms with Gasteiger partial charge in [0.15, 0.2) is 0 Å². The molecule has 0 bridgehead atoms. The quantitative estimate of drug-likeness (QED) is 0.650. The molecule has 0 spiro atoms. The van der Waals surface area contributed by atoms with Crippen LogP contribution in [0.2, 0.25) is 0 Å². The van der Waals surface area contributed by atoms with Crippen LogP contribution in [0, 0.1) is 5.92 Å². The molecule has 1 aliphatic rings. The second-order valence-corrected chi connectivity index (χ2v) is 6.30. The first-order valence-electron chi connectivity index (χ1n) is 5.69. The summed E-state index contributed by atoms with van der Waals surface area (Å²) in [7, 11) is -0.198. The summed E-state index contributed by atoms with van der Waals surface area (Å²) in [5.41, 5.74) is 0. The lowest BCUT2D eigenvalue weighted by molar-refractivity contribution is -0.140. The van der Waals surface area contributed by atoms with Gasteiger partial charge in [-0.25, -0.2) is 12.7 Å². The van der Waals surface area contributed by atoms with E-state index in [1.54, 1.807) is 0 Å². The molecule has 100 valence electrons. The van der Waals surface area contributed by atoms with Crippen molar-refractivity contribution in [3.63, 3.8) is 0 Å². The summed E-state index contributed by atoms with van der Waals surface area (Å²) >= 11 is 0. The lowest BCUT2D eigenvalue weighted by Crippen LogP contribution is -2.33. The van der Waals surface area contributed by atoms with Gasteiger partial charge < -0.3 is 10.1 Å². The zero-order valence-electron chi connectivity index (χ0n) is 10.3. The van der Waals surface area contributed by atoms with Crippen molar-refractivity contribution >= 4 is 16.0 Å². The molecule has 1 atom stereocenters. The summed E-state index contributed by atoms with van der Waals surface area (Å²) in [6.07, 6.45) is 0.796. The maximum Gasteiger partial charge on any atom is 0.306 e. The Morgan fingerprint density at radius 3 is 2.82 bits per heavy atom. The van der Waals surface area contributed by atoms with Gasteiger partial charge in [-0.05, 0) is 25.9 Å². The fourth-order valence-electron chi connectivity index (χ4n) is 1.95. The largest absolute Gasteiger partial charge is 0.469 e. The molecule has 0 aromatic carbocycles. The highest BCUT2D eigenvalue weighted by Gasteiger charge is 2.31. The highest BCUT2D eigenvalue weighted by atomic mass is 32.2. The third-order valence-electron chi connectivity index (χ3n) is 2.93. The summed E-state index contributed by atoms with van der Waals surface area (Å²) < 4.78 is 29.7. The lowest BCUT2D eigenvalue weighted by Gasteiger charge is -2.16. The number of carbonyl (C=O) groups is 1. The van der Waals surface area contributed by atoms with E-state index in [-0.39, 0.29) is 12.2 Å². The van der Waals surface area contributed by atoms with Crippen molar-refractivity contribution in [3.8, 4) is 0 Å². The summed E-state index contributed by atoms with van der Waals surface area (Å²) in [5, 5.41) is 3.05. The number of esters is 1. The predicted molar refractivity (Wildman–Crippen MR) is 64.0 cm³/mol. The molecule has 0 aliphatic carbocycles. The van der Waals surface area contributed by atoms with Gasteiger partial charge in [-0.15, -0.1) is 0 Å². The van der Waals surface area contributed by atoms with Gasteiger partial charge in [-0.1, -0.05) is 0 Å². The van der Waals surface area contributed by atoms with E-state index in [4.69, 9.17) is 0 Å². The third-order valence-corrected chi connectivity index (χ3v) is 4.77. The minimum absolute atomic E-state index is 0.0774. The molecule has 1 fully saturated rings. The van der Waals surface area contributed by atoms with E-state index in [0.29, 0.717) is 19.0 Å². The smallest absolute Gasteiger partial charge is 0.306 e. The average molecular weight is 264 g/mol. The lowest BCUT2D eigenvalue weighted by atomic mass is 10.1. The monoisotopic (exact) mass is 264 g/mol. The van der Waals surface area contributed by atoms with Crippen LogP contribution in [0.15, 0.2) is 0 Å². The third kappa shape index (κ3) is 4.25. The Morgan fingerprint density at radius 2 is 2.24 bits per heavy atom. The van der Waals surface area contributed by atoms with Crippen molar-refractivity contribution in [2.45, 2.75) is 12.8 Å². The highest BCUT2D eigenvalue weighted by molar-refractivity contribution is 7.89. The molecule has 7 heteroatoms. The molecule has 0 amide bonds. The number of nitrogens with zero attached hydrogens (tertiary/aromatic N) is 1. The van der Waals surface area contributed by atoms with Gasteiger partial charge in [0.25, 0.3) is 0 Å². The van der Waals surface area contributed by atoms with Crippen molar-refractivity contribution in [2.24, 2.45) is 5.92 Å². The number of hydrogen-bond donors (Lipinski definition) is 1. The van der Waals surface area contributed by atoms with Crippen LogP contribution in [0.3, 0.4) is 0 Å². The number of sulfonamides is 1. The fraction of sp³-hybridized carbons (Fsp3) is 0.900. The first-order chi connectivity index (χ1) is 7.99. The number of carbonyl (C=O) groups excluding carboxylic acids is 1. The SMILES string of the molecule is CNCC1CCN(S(=O)(=O)CCC(=O)OC)C1. The van der Waals surface area contributed by atoms with E-state index in [0.717, 1.165) is 13.0 Å². The average Bonchev–Trinajstić information content (AvgIpc) is 2.76. The van der Waals surface area contributed by atoms with Crippen molar-refractivity contribution in [2.75, 3.05) is 39.5 Å². The molecule has 1 unspecified atom stereocenters. The number of rotatable bonds is 6. The number of methoxy groups -OCH3 is 1. The normalized spacial score (nSPS) is 21.6. The maximum atomic E-state index is 11.9. The molecule has 0 aromatic heterocycles. The Labute approximate surface area is 102 Å². The minimum Gasteiger partial charge on any atom is -0.469 e. The first-order valence-corrected chi connectivity index (χ1v) is 7.29. The van der Waals surface area contributed by atoms with Gasteiger partial charge in [0, 0.05) is 13.1 Å². The van der Waals surface area contributed by atoms with Crippen molar-refractivity contribution < 1.29 is 17.9 Å². The van der Waals surface area contributed by atoms with E-state index in [1.807, 2.05) is 7.05 Å². The molecule has 1 heterocycles. The molecule has 1 N–H and O–H groups in total. The maximum absolute atomic E-state index is 11.9. The van der Waals surface area contributed by atoms with Gasteiger partial charge in [0.2, 0.25) is 10.0 Å². The molecular formula is C10H20N2O4S. The van der Waals surface area contributed by atoms with Gasteiger partial charge in [-0.3, -0.25) is 4.79 Å².